The SMILES string of the molecule is Cc1cccc(C(=O)OC(C)C(=O)Nc2ccccc2F)c1N. The van der Waals surface area contributed by atoms with E-state index in [-0.39, 0.29) is 11.3 Å². The zero-order valence-corrected chi connectivity index (χ0v) is 12.8. The summed E-state index contributed by atoms with van der Waals surface area (Å²) in [5.41, 5.74) is 7.09. The number of carbonyl (C=O) groups is 2. The van der Waals surface area contributed by atoms with Crippen molar-refractivity contribution in [1.29, 1.82) is 0 Å². The largest absolute Gasteiger partial charge is 0.449 e. The van der Waals surface area contributed by atoms with E-state index in [2.05, 4.69) is 5.32 Å². The second-order valence-electron chi connectivity index (χ2n) is 5.05. The Kier molecular flexibility index (Phi) is 4.95. The molecule has 6 heteroatoms. The average molecular weight is 316 g/mol. The monoisotopic (exact) mass is 316 g/mol. The molecule has 0 saturated heterocycles. The van der Waals surface area contributed by atoms with E-state index >= 15 is 0 Å². The first-order chi connectivity index (χ1) is 10.9. The van der Waals surface area contributed by atoms with Gasteiger partial charge in [0.05, 0.1) is 11.3 Å². The van der Waals surface area contributed by atoms with Crippen molar-refractivity contribution in [3.8, 4) is 0 Å². The van der Waals surface area contributed by atoms with Crippen LogP contribution in [0.2, 0.25) is 0 Å². The highest BCUT2D eigenvalue weighted by Gasteiger charge is 2.21. The third kappa shape index (κ3) is 3.85. The van der Waals surface area contributed by atoms with Crippen LogP contribution in [0.25, 0.3) is 0 Å². The number of nitrogen functional groups attached to an aromatic ring is 1. The fraction of sp³-hybridized carbons (Fsp3) is 0.176. The van der Waals surface area contributed by atoms with Crippen LogP contribution in [0.1, 0.15) is 22.8 Å². The van der Waals surface area contributed by atoms with Gasteiger partial charge in [-0.25, -0.2) is 9.18 Å². The summed E-state index contributed by atoms with van der Waals surface area (Å²) in [6.45, 7) is 3.17. The van der Waals surface area contributed by atoms with Gasteiger partial charge in [-0.05, 0) is 37.6 Å². The highest BCUT2D eigenvalue weighted by atomic mass is 19.1. The van der Waals surface area contributed by atoms with Crippen LogP contribution in [-0.2, 0) is 9.53 Å². The van der Waals surface area contributed by atoms with Crippen LogP contribution in [-0.4, -0.2) is 18.0 Å². The van der Waals surface area contributed by atoms with Crippen molar-refractivity contribution in [2.75, 3.05) is 11.1 Å². The fourth-order valence-electron chi connectivity index (χ4n) is 1.93. The number of carbonyl (C=O) groups excluding carboxylic acids is 2. The molecule has 0 fully saturated rings. The van der Waals surface area contributed by atoms with Gasteiger partial charge in [-0.3, -0.25) is 4.79 Å². The second-order valence-corrected chi connectivity index (χ2v) is 5.05. The molecule has 120 valence electrons. The van der Waals surface area contributed by atoms with Crippen molar-refractivity contribution >= 4 is 23.3 Å². The summed E-state index contributed by atoms with van der Waals surface area (Å²) in [4.78, 5) is 24.1. The Bertz CT molecular complexity index is 746. The number of benzene rings is 2. The molecular weight excluding hydrogens is 299 g/mol. The molecule has 0 spiro atoms. The number of halogens is 1. The maximum Gasteiger partial charge on any atom is 0.341 e. The van der Waals surface area contributed by atoms with Gasteiger partial charge in [-0.15, -0.1) is 0 Å². The van der Waals surface area contributed by atoms with Gasteiger partial charge in [-0.1, -0.05) is 24.3 Å². The predicted octanol–water partition coefficient (Wildman–Crippen LogP) is 2.90. The number of nitrogens with one attached hydrogen (secondary N) is 1. The van der Waals surface area contributed by atoms with Crippen molar-refractivity contribution < 1.29 is 18.7 Å². The second kappa shape index (κ2) is 6.91. The Morgan fingerprint density at radius 3 is 2.57 bits per heavy atom. The first-order valence-corrected chi connectivity index (χ1v) is 7.01. The molecular formula is C17H17FN2O3. The lowest BCUT2D eigenvalue weighted by atomic mass is 10.1. The van der Waals surface area contributed by atoms with Crippen LogP contribution >= 0.6 is 0 Å². The molecule has 0 radical (unpaired) electrons. The van der Waals surface area contributed by atoms with Gasteiger partial charge >= 0.3 is 5.97 Å². The minimum Gasteiger partial charge on any atom is -0.449 e. The molecule has 2 aromatic rings. The first-order valence-electron chi connectivity index (χ1n) is 7.01. The Morgan fingerprint density at radius 1 is 1.17 bits per heavy atom. The number of para-hydroxylation sites is 2. The molecule has 5 nitrogen and oxygen atoms in total. The third-order valence-electron chi connectivity index (χ3n) is 3.33. The number of aryl methyl sites for hydroxylation is 1. The lowest BCUT2D eigenvalue weighted by molar-refractivity contribution is -0.123. The normalized spacial score (nSPS) is 11.6. The summed E-state index contributed by atoms with van der Waals surface area (Å²) in [7, 11) is 0. The summed E-state index contributed by atoms with van der Waals surface area (Å²) in [6, 6.07) is 10.7. The van der Waals surface area contributed by atoms with Crippen LogP contribution in [0.15, 0.2) is 42.5 Å². The van der Waals surface area contributed by atoms with Gasteiger partial charge in [0.25, 0.3) is 5.91 Å². The van der Waals surface area contributed by atoms with E-state index in [0.717, 1.165) is 5.56 Å². The molecule has 0 aromatic heterocycles. The fourth-order valence-corrected chi connectivity index (χ4v) is 1.93. The first kappa shape index (κ1) is 16.5. The van der Waals surface area contributed by atoms with E-state index in [4.69, 9.17) is 10.5 Å². The summed E-state index contributed by atoms with van der Waals surface area (Å²) < 4.78 is 18.6. The molecule has 0 aliphatic rings. The van der Waals surface area contributed by atoms with Crippen molar-refractivity contribution in [3.63, 3.8) is 0 Å². The maximum atomic E-state index is 13.5. The van der Waals surface area contributed by atoms with Crippen molar-refractivity contribution in [3.05, 3.63) is 59.4 Å². The Morgan fingerprint density at radius 2 is 1.87 bits per heavy atom. The number of hydrogen-bond acceptors (Lipinski definition) is 4. The average Bonchev–Trinajstić information content (AvgIpc) is 2.52. The van der Waals surface area contributed by atoms with Gasteiger partial charge < -0.3 is 15.8 Å². The highest BCUT2D eigenvalue weighted by Crippen LogP contribution is 2.18. The lowest BCUT2D eigenvalue weighted by Crippen LogP contribution is -2.30. The van der Waals surface area contributed by atoms with Gasteiger partial charge in [0.15, 0.2) is 6.10 Å². The molecule has 2 aromatic carbocycles. The van der Waals surface area contributed by atoms with Crippen LogP contribution in [0, 0.1) is 12.7 Å². The molecule has 2 rings (SSSR count). The van der Waals surface area contributed by atoms with E-state index in [1.165, 1.54) is 31.2 Å². The van der Waals surface area contributed by atoms with Gasteiger partial charge in [0.2, 0.25) is 0 Å². The minimum absolute atomic E-state index is 0.0236. The number of esters is 1. The number of amides is 1. The summed E-state index contributed by atoms with van der Waals surface area (Å²) in [5.74, 6) is -1.90. The quantitative estimate of drug-likeness (QED) is 0.671. The molecule has 0 heterocycles. The molecule has 3 N–H and O–H groups in total. The molecule has 1 atom stereocenters. The molecule has 23 heavy (non-hydrogen) atoms. The number of ether oxygens (including phenoxy) is 1. The highest BCUT2D eigenvalue weighted by molar-refractivity contribution is 5.99. The van der Waals surface area contributed by atoms with E-state index < -0.39 is 23.8 Å². The van der Waals surface area contributed by atoms with Crippen LogP contribution in [0.4, 0.5) is 15.8 Å². The molecule has 0 bridgehead atoms. The van der Waals surface area contributed by atoms with Crippen LogP contribution in [0.3, 0.4) is 0 Å². The number of rotatable bonds is 4. The summed E-state index contributed by atoms with van der Waals surface area (Å²) >= 11 is 0. The predicted molar refractivity (Wildman–Crippen MR) is 85.5 cm³/mol. The lowest BCUT2D eigenvalue weighted by Gasteiger charge is -2.15. The third-order valence-corrected chi connectivity index (χ3v) is 3.33. The van der Waals surface area contributed by atoms with E-state index in [1.807, 2.05) is 0 Å². The number of nitrogens with two attached hydrogens (primary N) is 1. The summed E-state index contributed by atoms with van der Waals surface area (Å²) in [5, 5.41) is 2.37. The number of anilines is 2. The standard InChI is InChI=1S/C17H17FN2O3/c1-10-6-5-7-12(15(10)19)17(22)23-11(2)16(21)20-14-9-4-3-8-13(14)18/h3-9,11H,19H2,1-2H3,(H,20,21). The maximum absolute atomic E-state index is 13.5. The van der Waals surface area contributed by atoms with E-state index in [1.54, 1.807) is 25.1 Å². The Balaban J connectivity index is 2.05. The number of hydrogen-bond donors (Lipinski definition) is 2. The van der Waals surface area contributed by atoms with Gasteiger partial charge in [0, 0.05) is 5.69 Å². The molecule has 1 amide bonds. The molecule has 0 aliphatic heterocycles. The van der Waals surface area contributed by atoms with Crippen molar-refractivity contribution in [2.24, 2.45) is 0 Å². The van der Waals surface area contributed by atoms with Gasteiger partial charge in [0.1, 0.15) is 5.82 Å². The smallest absolute Gasteiger partial charge is 0.341 e. The van der Waals surface area contributed by atoms with Crippen molar-refractivity contribution in [1.82, 2.24) is 0 Å². The topological polar surface area (TPSA) is 81.4 Å². The van der Waals surface area contributed by atoms with Gasteiger partial charge in [-0.2, -0.15) is 0 Å². The zero-order valence-electron chi connectivity index (χ0n) is 12.8. The van der Waals surface area contributed by atoms with Crippen LogP contribution in [0.5, 0.6) is 0 Å². The van der Waals surface area contributed by atoms with Crippen molar-refractivity contribution in [2.45, 2.75) is 20.0 Å². The van der Waals surface area contributed by atoms with E-state index in [9.17, 15) is 14.0 Å². The van der Waals surface area contributed by atoms with Crippen LogP contribution < -0.4 is 11.1 Å². The molecule has 0 saturated carbocycles. The Hall–Kier alpha value is -2.89. The molecule has 0 aliphatic carbocycles. The Labute approximate surface area is 133 Å². The minimum atomic E-state index is -1.10. The van der Waals surface area contributed by atoms with E-state index in [0.29, 0.717) is 5.69 Å². The zero-order chi connectivity index (χ0) is 17.0. The molecule has 1 unspecified atom stereocenters. The summed E-state index contributed by atoms with van der Waals surface area (Å²) in [6.07, 6.45) is -1.10.